The monoisotopic (exact) mass is 339 g/mol. The first-order chi connectivity index (χ1) is 12.1. The Morgan fingerprint density at radius 2 is 1.72 bits per heavy atom. The molecule has 2 rings (SSSR count). The Bertz CT molecular complexity index is 738. The molecule has 0 aliphatic heterocycles. The zero-order chi connectivity index (χ0) is 18.1. The molecule has 0 aromatic heterocycles. The molecule has 6 nitrogen and oxygen atoms in total. The molecule has 2 aromatic carbocycles. The summed E-state index contributed by atoms with van der Waals surface area (Å²) in [7, 11) is 0. The maximum atomic E-state index is 11.8. The average Bonchev–Trinajstić information content (AvgIpc) is 2.62. The van der Waals surface area contributed by atoms with Crippen molar-refractivity contribution in [1.29, 1.82) is 0 Å². The Balaban J connectivity index is 1.83. The summed E-state index contributed by atoms with van der Waals surface area (Å²) in [6, 6.07) is 14.4. The van der Waals surface area contributed by atoms with Crippen LogP contribution in [0.1, 0.15) is 24.5 Å². The van der Waals surface area contributed by atoms with Crippen LogP contribution in [-0.2, 0) is 9.59 Å². The van der Waals surface area contributed by atoms with Crippen LogP contribution >= 0.6 is 0 Å². The van der Waals surface area contributed by atoms with Gasteiger partial charge in [0.05, 0.1) is 12.8 Å². The second-order valence-corrected chi connectivity index (χ2v) is 5.44. The Hall–Kier alpha value is -3.15. The van der Waals surface area contributed by atoms with E-state index in [1.54, 1.807) is 24.3 Å². The maximum Gasteiger partial charge on any atom is 0.329 e. The first-order valence-electron chi connectivity index (χ1n) is 8.02. The zero-order valence-electron chi connectivity index (χ0n) is 14.3. The summed E-state index contributed by atoms with van der Waals surface area (Å²) in [4.78, 5) is 23.6. The van der Waals surface area contributed by atoms with Gasteiger partial charge in [0.15, 0.2) is 0 Å². The van der Waals surface area contributed by atoms with Gasteiger partial charge >= 0.3 is 11.8 Å². The van der Waals surface area contributed by atoms with Crippen LogP contribution in [0.3, 0.4) is 0 Å². The molecule has 2 aromatic rings. The number of hydrogen-bond acceptors (Lipinski definition) is 4. The third kappa shape index (κ3) is 6.10. The SMILES string of the molecule is CCCOc1ccc(NC(=O)C(=O)N/N=C\c2ccc(C)cc2)cc1. The van der Waals surface area contributed by atoms with Crippen molar-refractivity contribution in [2.45, 2.75) is 20.3 Å². The molecule has 0 heterocycles. The number of carbonyl (C=O) groups is 2. The number of nitrogens with zero attached hydrogens (tertiary/aromatic N) is 1. The Kier molecular flexibility index (Phi) is 6.71. The predicted octanol–water partition coefficient (Wildman–Crippen LogP) is 2.87. The fourth-order valence-electron chi connectivity index (χ4n) is 1.91. The van der Waals surface area contributed by atoms with Crippen molar-refractivity contribution in [3.05, 3.63) is 59.7 Å². The lowest BCUT2D eigenvalue weighted by Gasteiger charge is -2.07. The van der Waals surface area contributed by atoms with Crippen molar-refractivity contribution in [2.75, 3.05) is 11.9 Å². The molecule has 0 spiro atoms. The Morgan fingerprint density at radius 3 is 2.36 bits per heavy atom. The molecule has 0 aliphatic rings. The highest BCUT2D eigenvalue weighted by Crippen LogP contribution is 2.15. The van der Waals surface area contributed by atoms with Gasteiger partial charge in [0, 0.05) is 5.69 Å². The second kappa shape index (κ2) is 9.22. The number of anilines is 1. The van der Waals surface area contributed by atoms with Crippen molar-refractivity contribution < 1.29 is 14.3 Å². The third-order valence-corrected chi connectivity index (χ3v) is 3.25. The average molecular weight is 339 g/mol. The van der Waals surface area contributed by atoms with Gasteiger partial charge in [-0.1, -0.05) is 36.8 Å². The Morgan fingerprint density at radius 1 is 1.04 bits per heavy atom. The van der Waals surface area contributed by atoms with Gasteiger partial charge in [-0.15, -0.1) is 0 Å². The summed E-state index contributed by atoms with van der Waals surface area (Å²) in [6.07, 6.45) is 2.40. The van der Waals surface area contributed by atoms with Crippen molar-refractivity contribution in [3.8, 4) is 5.75 Å². The van der Waals surface area contributed by atoms with Gasteiger partial charge in [0.2, 0.25) is 0 Å². The van der Waals surface area contributed by atoms with E-state index in [4.69, 9.17) is 4.74 Å². The van der Waals surface area contributed by atoms with E-state index in [9.17, 15) is 9.59 Å². The summed E-state index contributed by atoms with van der Waals surface area (Å²) >= 11 is 0. The van der Waals surface area contributed by atoms with Crippen LogP contribution < -0.4 is 15.5 Å². The van der Waals surface area contributed by atoms with Crippen LogP contribution in [0.15, 0.2) is 53.6 Å². The van der Waals surface area contributed by atoms with Crippen LogP contribution in [0.4, 0.5) is 5.69 Å². The van der Waals surface area contributed by atoms with E-state index in [1.165, 1.54) is 6.21 Å². The number of rotatable bonds is 6. The molecular weight excluding hydrogens is 318 g/mol. The molecule has 130 valence electrons. The lowest BCUT2D eigenvalue weighted by Crippen LogP contribution is -2.32. The number of ether oxygens (including phenoxy) is 1. The Labute approximate surface area is 146 Å². The quantitative estimate of drug-likeness (QED) is 0.482. The summed E-state index contributed by atoms with van der Waals surface area (Å²) in [5.74, 6) is -0.912. The van der Waals surface area contributed by atoms with E-state index in [-0.39, 0.29) is 0 Å². The number of benzene rings is 2. The number of carbonyl (C=O) groups excluding carboxylic acids is 2. The zero-order valence-corrected chi connectivity index (χ0v) is 14.3. The molecule has 0 atom stereocenters. The van der Waals surface area contributed by atoms with Crippen molar-refractivity contribution in [3.63, 3.8) is 0 Å². The summed E-state index contributed by atoms with van der Waals surface area (Å²) in [5, 5.41) is 6.28. The van der Waals surface area contributed by atoms with Crippen molar-refractivity contribution in [2.24, 2.45) is 5.10 Å². The van der Waals surface area contributed by atoms with Gasteiger partial charge < -0.3 is 10.1 Å². The first kappa shape index (κ1) is 18.2. The molecule has 0 fully saturated rings. The van der Waals surface area contributed by atoms with E-state index >= 15 is 0 Å². The molecule has 2 N–H and O–H groups in total. The number of nitrogens with one attached hydrogen (secondary N) is 2. The van der Waals surface area contributed by atoms with Gasteiger partial charge in [-0.3, -0.25) is 9.59 Å². The summed E-state index contributed by atoms with van der Waals surface area (Å²) in [6.45, 7) is 4.64. The third-order valence-electron chi connectivity index (χ3n) is 3.25. The summed E-state index contributed by atoms with van der Waals surface area (Å²) in [5.41, 5.74) is 4.66. The smallest absolute Gasteiger partial charge is 0.329 e. The fraction of sp³-hybridized carbons (Fsp3) is 0.211. The lowest BCUT2D eigenvalue weighted by molar-refractivity contribution is -0.136. The van der Waals surface area contributed by atoms with Crippen LogP contribution in [0, 0.1) is 6.92 Å². The van der Waals surface area contributed by atoms with Gasteiger partial charge in [-0.25, -0.2) is 5.43 Å². The van der Waals surface area contributed by atoms with E-state index < -0.39 is 11.8 Å². The highest BCUT2D eigenvalue weighted by molar-refractivity contribution is 6.39. The number of hydrazone groups is 1. The van der Waals surface area contributed by atoms with Gasteiger partial charge in [0.25, 0.3) is 0 Å². The highest BCUT2D eigenvalue weighted by Gasteiger charge is 2.12. The van der Waals surface area contributed by atoms with Crippen LogP contribution in [0.2, 0.25) is 0 Å². The van der Waals surface area contributed by atoms with Gasteiger partial charge in [-0.05, 0) is 43.2 Å². The molecule has 2 amide bonds. The fourth-order valence-corrected chi connectivity index (χ4v) is 1.91. The molecule has 6 heteroatoms. The number of amides is 2. The number of hydrogen-bond donors (Lipinski definition) is 2. The van der Waals surface area contributed by atoms with Crippen LogP contribution in [-0.4, -0.2) is 24.6 Å². The van der Waals surface area contributed by atoms with Gasteiger partial charge in [0.1, 0.15) is 5.75 Å². The highest BCUT2D eigenvalue weighted by atomic mass is 16.5. The standard InChI is InChI=1S/C19H21N3O3/c1-3-12-25-17-10-8-16(9-11-17)21-18(23)19(24)22-20-13-15-6-4-14(2)5-7-15/h4-11,13H,3,12H2,1-2H3,(H,21,23)(H,22,24)/b20-13-. The van der Waals surface area contributed by atoms with Crippen LogP contribution in [0.5, 0.6) is 5.75 Å². The second-order valence-electron chi connectivity index (χ2n) is 5.44. The summed E-state index contributed by atoms with van der Waals surface area (Å²) < 4.78 is 5.45. The minimum absolute atomic E-state index is 0.506. The van der Waals surface area contributed by atoms with Crippen LogP contribution in [0.25, 0.3) is 0 Å². The molecular formula is C19H21N3O3. The number of aryl methyl sites for hydroxylation is 1. The first-order valence-corrected chi connectivity index (χ1v) is 8.02. The van der Waals surface area contributed by atoms with E-state index in [1.807, 2.05) is 38.1 Å². The van der Waals surface area contributed by atoms with Gasteiger partial charge in [-0.2, -0.15) is 5.10 Å². The molecule has 0 aliphatic carbocycles. The van der Waals surface area contributed by atoms with E-state index in [2.05, 4.69) is 15.8 Å². The molecule has 0 saturated carbocycles. The molecule has 0 bridgehead atoms. The molecule has 0 unspecified atom stereocenters. The van der Waals surface area contributed by atoms with Crippen molar-refractivity contribution in [1.82, 2.24) is 5.43 Å². The minimum Gasteiger partial charge on any atom is -0.494 e. The molecule has 0 radical (unpaired) electrons. The van der Waals surface area contributed by atoms with E-state index in [0.29, 0.717) is 18.0 Å². The predicted molar refractivity (Wildman–Crippen MR) is 97.8 cm³/mol. The topological polar surface area (TPSA) is 79.8 Å². The normalized spacial score (nSPS) is 10.5. The van der Waals surface area contributed by atoms with E-state index in [0.717, 1.165) is 17.5 Å². The minimum atomic E-state index is -0.838. The van der Waals surface area contributed by atoms with Crippen molar-refractivity contribution >= 4 is 23.7 Å². The largest absolute Gasteiger partial charge is 0.494 e. The molecule has 25 heavy (non-hydrogen) atoms. The maximum absolute atomic E-state index is 11.8. The lowest BCUT2D eigenvalue weighted by atomic mass is 10.2. The molecule has 0 saturated heterocycles.